The van der Waals surface area contributed by atoms with E-state index in [9.17, 15) is 14.7 Å². The molecule has 2 aromatic heterocycles. The fraction of sp³-hybridized carbons (Fsp3) is 0.174. The number of aryl methyl sites for hydroxylation is 1. The van der Waals surface area contributed by atoms with Gasteiger partial charge in [-0.1, -0.05) is 25.1 Å². The van der Waals surface area contributed by atoms with Gasteiger partial charge in [-0.05, 0) is 48.4 Å². The zero-order chi connectivity index (χ0) is 21.4. The van der Waals surface area contributed by atoms with Gasteiger partial charge in [-0.15, -0.1) is 0 Å². The number of primary amides is 1. The summed E-state index contributed by atoms with van der Waals surface area (Å²) in [4.78, 5) is 29.5. The summed E-state index contributed by atoms with van der Waals surface area (Å²) >= 11 is 0. The summed E-state index contributed by atoms with van der Waals surface area (Å²) in [6.07, 6.45) is 1.72. The van der Waals surface area contributed by atoms with Crippen LogP contribution in [0.4, 0.5) is 0 Å². The summed E-state index contributed by atoms with van der Waals surface area (Å²) in [6.45, 7) is 3.56. The van der Waals surface area contributed by atoms with Crippen LogP contribution in [0.15, 0.2) is 63.9 Å². The molecular formula is C23H21N3O4. The number of pyridine rings is 1. The van der Waals surface area contributed by atoms with Gasteiger partial charge in [0, 0.05) is 29.8 Å². The van der Waals surface area contributed by atoms with Gasteiger partial charge in [0.05, 0.1) is 16.9 Å². The van der Waals surface area contributed by atoms with Crippen molar-refractivity contribution in [1.82, 2.24) is 9.55 Å². The molecule has 0 saturated carbocycles. The van der Waals surface area contributed by atoms with Crippen molar-refractivity contribution in [3.63, 3.8) is 0 Å². The molecule has 0 aliphatic carbocycles. The van der Waals surface area contributed by atoms with E-state index in [2.05, 4.69) is 4.98 Å². The Bertz CT molecular complexity index is 1300. The number of hydrogen-bond acceptors (Lipinski definition) is 5. The molecule has 152 valence electrons. The Morgan fingerprint density at radius 2 is 2.00 bits per heavy atom. The van der Waals surface area contributed by atoms with Gasteiger partial charge in [-0.3, -0.25) is 9.78 Å². The topological polar surface area (TPSA) is 111 Å². The van der Waals surface area contributed by atoms with Crippen molar-refractivity contribution in [2.75, 3.05) is 6.61 Å². The molecule has 2 aromatic carbocycles. The first kappa shape index (κ1) is 19.6. The third-order valence-corrected chi connectivity index (χ3v) is 5.13. The van der Waals surface area contributed by atoms with Crippen molar-refractivity contribution in [3.8, 4) is 16.9 Å². The Kier molecular flexibility index (Phi) is 4.97. The molecule has 1 amide bonds. The first-order valence-corrected chi connectivity index (χ1v) is 9.53. The highest BCUT2D eigenvalue weighted by Crippen LogP contribution is 2.34. The smallest absolute Gasteiger partial charge is 0.407 e. The van der Waals surface area contributed by atoms with E-state index in [1.165, 1.54) is 4.57 Å². The van der Waals surface area contributed by atoms with E-state index in [-0.39, 0.29) is 18.1 Å². The molecule has 0 unspecified atom stereocenters. The second-order valence-electron chi connectivity index (χ2n) is 7.29. The van der Waals surface area contributed by atoms with Crippen LogP contribution in [0.2, 0.25) is 0 Å². The summed E-state index contributed by atoms with van der Waals surface area (Å²) in [5.41, 5.74) is 10.2. The Balaban J connectivity index is 2.08. The van der Waals surface area contributed by atoms with Gasteiger partial charge in [0.2, 0.25) is 5.91 Å². The van der Waals surface area contributed by atoms with Gasteiger partial charge in [-0.2, -0.15) is 0 Å². The van der Waals surface area contributed by atoms with Crippen LogP contribution in [-0.2, 0) is 0 Å². The lowest BCUT2D eigenvalue weighted by atomic mass is 9.88. The van der Waals surface area contributed by atoms with Crippen LogP contribution in [0.3, 0.4) is 0 Å². The van der Waals surface area contributed by atoms with Crippen molar-refractivity contribution in [1.29, 1.82) is 0 Å². The number of aliphatic hydroxyl groups is 1. The molecule has 0 fully saturated rings. The maximum Gasteiger partial charge on any atom is 0.424 e. The number of carbonyl (C=O) groups is 1. The fourth-order valence-corrected chi connectivity index (χ4v) is 3.64. The summed E-state index contributed by atoms with van der Waals surface area (Å²) in [5.74, 6) is -1.59. The first-order valence-electron chi connectivity index (χ1n) is 9.53. The number of carbonyl (C=O) groups excluding carboxylic acids is 1. The number of para-hydroxylation sites is 2. The minimum absolute atomic E-state index is 0.174. The monoisotopic (exact) mass is 403 g/mol. The van der Waals surface area contributed by atoms with Crippen LogP contribution in [-0.4, -0.2) is 27.2 Å². The summed E-state index contributed by atoms with van der Waals surface area (Å²) in [7, 11) is 0. The number of nitrogens with two attached hydrogens (primary N) is 1. The van der Waals surface area contributed by atoms with Crippen LogP contribution in [0, 0.1) is 6.92 Å². The maximum atomic E-state index is 12.6. The van der Waals surface area contributed by atoms with E-state index >= 15 is 0 Å². The molecule has 0 aliphatic heterocycles. The van der Waals surface area contributed by atoms with Crippen LogP contribution in [0.25, 0.3) is 28.0 Å². The van der Waals surface area contributed by atoms with Gasteiger partial charge < -0.3 is 15.3 Å². The summed E-state index contributed by atoms with van der Waals surface area (Å²) < 4.78 is 6.75. The minimum atomic E-state index is -0.652. The van der Waals surface area contributed by atoms with E-state index in [1.807, 2.05) is 19.1 Å². The lowest BCUT2D eigenvalue weighted by Crippen LogP contribution is -2.20. The average molecular weight is 403 g/mol. The highest BCUT2D eigenvalue weighted by molar-refractivity contribution is 5.97. The molecule has 0 spiro atoms. The van der Waals surface area contributed by atoms with Crippen LogP contribution in [0.1, 0.15) is 34.3 Å². The number of rotatable bonds is 5. The van der Waals surface area contributed by atoms with E-state index in [0.29, 0.717) is 33.6 Å². The molecular weight excluding hydrogens is 382 g/mol. The number of fused-ring (bicyclic) bond motifs is 1. The number of nitrogens with zero attached hydrogens (tertiary/aromatic N) is 2. The quantitative estimate of drug-likeness (QED) is 0.532. The zero-order valence-corrected chi connectivity index (χ0v) is 16.6. The standard InChI is InChI=1S/C23H21N3O4/c1-13-7-8-18(25-11-13)16-9-15(10-17(22(24)28)21(16)14(2)12-27)26-19-5-3-4-6-20(19)30-23(26)29/h3-11,14,27H,12H2,1-2H3,(H2,24,28)/t14-/m1/s1. The molecule has 0 aliphatic rings. The maximum absolute atomic E-state index is 12.6. The molecule has 3 N–H and O–H groups in total. The number of oxazole rings is 1. The Labute approximate surface area is 172 Å². The molecule has 4 rings (SSSR count). The molecule has 2 heterocycles. The van der Waals surface area contributed by atoms with Gasteiger partial charge in [-0.25, -0.2) is 9.36 Å². The molecule has 7 nitrogen and oxygen atoms in total. The van der Waals surface area contributed by atoms with Crippen molar-refractivity contribution in [3.05, 3.63) is 82.0 Å². The Hall–Kier alpha value is -3.71. The fourth-order valence-electron chi connectivity index (χ4n) is 3.64. The number of aliphatic hydroxyl groups excluding tert-OH is 1. The van der Waals surface area contributed by atoms with Gasteiger partial charge in [0.1, 0.15) is 0 Å². The van der Waals surface area contributed by atoms with Gasteiger partial charge >= 0.3 is 5.76 Å². The Morgan fingerprint density at radius 1 is 1.23 bits per heavy atom. The molecule has 1 atom stereocenters. The second kappa shape index (κ2) is 7.61. The van der Waals surface area contributed by atoms with Crippen LogP contribution >= 0.6 is 0 Å². The van der Waals surface area contributed by atoms with E-state index in [4.69, 9.17) is 10.2 Å². The van der Waals surface area contributed by atoms with Crippen LogP contribution in [0.5, 0.6) is 0 Å². The third kappa shape index (κ3) is 3.29. The lowest BCUT2D eigenvalue weighted by molar-refractivity contribution is 0.0998. The number of amides is 1. The average Bonchev–Trinajstić information content (AvgIpc) is 3.08. The van der Waals surface area contributed by atoms with E-state index in [0.717, 1.165) is 5.56 Å². The second-order valence-corrected chi connectivity index (χ2v) is 7.29. The van der Waals surface area contributed by atoms with Crippen molar-refractivity contribution < 1.29 is 14.3 Å². The van der Waals surface area contributed by atoms with Crippen molar-refractivity contribution >= 4 is 17.0 Å². The van der Waals surface area contributed by atoms with Crippen molar-refractivity contribution in [2.24, 2.45) is 5.73 Å². The Morgan fingerprint density at radius 3 is 2.67 bits per heavy atom. The molecule has 0 saturated heterocycles. The van der Waals surface area contributed by atoms with Gasteiger partial charge in [0.25, 0.3) is 0 Å². The van der Waals surface area contributed by atoms with Gasteiger partial charge in [0.15, 0.2) is 5.58 Å². The van der Waals surface area contributed by atoms with Crippen LogP contribution < -0.4 is 11.5 Å². The highest BCUT2D eigenvalue weighted by Gasteiger charge is 2.23. The first-order chi connectivity index (χ1) is 14.4. The predicted molar refractivity (Wildman–Crippen MR) is 114 cm³/mol. The van der Waals surface area contributed by atoms with Crippen molar-refractivity contribution in [2.45, 2.75) is 19.8 Å². The SMILES string of the molecule is Cc1ccc(-c2cc(-n3c(=O)oc4ccccc43)cc(C(N)=O)c2[C@H](C)CO)nc1. The minimum Gasteiger partial charge on any atom is -0.407 e. The normalized spacial score (nSPS) is 12.2. The van der Waals surface area contributed by atoms with E-state index < -0.39 is 11.7 Å². The lowest BCUT2D eigenvalue weighted by Gasteiger charge is -2.19. The molecule has 7 heteroatoms. The molecule has 4 aromatic rings. The predicted octanol–water partition coefficient (Wildman–Crippen LogP) is 3.15. The largest absolute Gasteiger partial charge is 0.424 e. The molecule has 0 radical (unpaired) electrons. The number of aromatic nitrogens is 2. The molecule has 30 heavy (non-hydrogen) atoms. The summed E-state index contributed by atoms with van der Waals surface area (Å²) in [6, 6.07) is 14.1. The van der Waals surface area contributed by atoms with E-state index in [1.54, 1.807) is 49.5 Å². The zero-order valence-electron chi connectivity index (χ0n) is 16.6. The number of benzene rings is 2. The molecule has 0 bridgehead atoms. The highest BCUT2D eigenvalue weighted by atomic mass is 16.4. The number of hydrogen-bond donors (Lipinski definition) is 2. The summed E-state index contributed by atoms with van der Waals surface area (Å²) in [5, 5.41) is 9.81. The third-order valence-electron chi connectivity index (χ3n) is 5.13.